The largest absolute Gasteiger partial charge is 0.447 e. The predicted molar refractivity (Wildman–Crippen MR) is 97.9 cm³/mol. The molecule has 26 heavy (non-hydrogen) atoms. The first-order valence-electron chi connectivity index (χ1n) is 8.37. The number of halogens is 2. The highest BCUT2D eigenvalue weighted by molar-refractivity contribution is 6.30. The Morgan fingerprint density at radius 1 is 1.31 bits per heavy atom. The Bertz CT molecular complexity index is 800. The Kier molecular flexibility index (Phi) is 5.27. The minimum absolute atomic E-state index is 0.0768. The maximum atomic E-state index is 14.3. The summed E-state index contributed by atoms with van der Waals surface area (Å²) in [5.41, 5.74) is 0.976. The van der Waals surface area contributed by atoms with E-state index >= 15 is 0 Å². The van der Waals surface area contributed by atoms with Gasteiger partial charge in [-0.15, -0.1) is 0 Å². The van der Waals surface area contributed by atoms with Crippen LogP contribution in [0.3, 0.4) is 0 Å². The number of hydrogen-bond donors (Lipinski definition) is 1. The van der Waals surface area contributed by atoms with Gasteiger partial charge in [0.2, 0.25) is 5.95 Å². The van der Waals surface area contributed by atoms with E-state index < -0.39 is 11.9 Å². The van der Waals surface area contributed by atoms with Crippen molar-refractivity contribution in [3.63, 3.8) is 0 Å². The molecule has 2 aromatic rings. The van der Waals surface area contributed by atoms with Crippen LogP contribution in [0.2, 0.25) is 5.02 Å². The SMILES string of the molecule is CC(C)C1COC(=O)N1c1nc(N[C@@H](C)c2ccc(Cl)cc2)ncc1F. The van der Waals surface area contributed by atoms with Gasteiger partial charge in [0.1, 0.15) is 6.61 Å². The van der Waals surface area contributed by atoms with Crippen molar-refractivity contribution in [3.05, 3.63) is 46.9 Å². The molecule has 1 amide bonds. The molecule has 1 aliphatic heterocycles. The predicted octanol–water partition coefficient (Wildman–Crippen LogP) is 4.42. The summed E-state index contributed by atoms with van der Waals surface area (Å²) in [5.74, 6) is -0.419. The molecular formula is C18H20ClFN4O2. The number of rotatable bonds is 5. The van der Waals surface area contributed by atoms with Crippen molar-refractivity contribution in [2.24, 2.45) is 5.92 Å². The fourth-order valence-electron chi connectivity index (χ4n) is 2.80. The highest BCUT2D eigenvalue weighted by Gasteiger charge is 2.38. The van der Waals surface area contributed by atoms with Crippen molar-refractivity contribution in [3.8, 4) is 0 Å². The molecule has 0 radical (unpaired) electrons. The summed E-state index contributed by atoms with van der Waals surface area (Å²) in [5, 5.41) is 3.76. The molecule has 1 fully saturated rings. The monoisotopic (exact) mass is 378 g/mol. The topological polar surface area (TPSA) is 67.3 Å². The average molecular weight is 379 g/mol. The second-order valence-electron chi connectivity index (χ2n) is 6.54. The van der Waals surface area contributed by atoms with Crippen LogP contribution in [0.4, 0.5) is 21.0 Å². The number of ether oxygens (including phenoxy) is 1. The molecule has 0 saturated carbocycles. The molecule has 0 spiro atoms. The first kappa shape index (κ1) is 18.4. The summed E-state index contributed by atoms with van der Waals surface area (Å²) < 4.78 is 19.4. The highest BCUT2D eigenvalue weighted by atomic mass is 35.5. The quantitative estimate of drug-likeness (QED) is 0.833. The molecule has 1 aromatic heterocycles. The van der Waals surface area contributed by atoms with Crippen molar-refractivity contribution >= 4 is 29.5 Å². The van der Waals surface area contributed by atoms with Gasteiger partial charge >= 0.3 is 6.09 Å². The van der Waals surface area contributed by atoms with Gasteiger partial charge in [-0.25, -0.2) is 14.2 Å². The van der Waals surface area contributed by atoms with Crippen LogP contribution in [-0.2, 0) is 4.74 Å². The van der Waals surface area contributed by atoms with E-state index in [2.05, 4.69) is 15.3 Å². The fraction of sp³-hybridized carbons (Fsp3) is 0.389. The molecular weight excluding hydrogens is 359 g/mol. The van der Waals surface area contributed by atoms with E-state index in [1.165, 1.54) is 4.90 Å². The molecule has 0 bridgehead atoms. The van der Waals surface area contributed by atoms with Crippen LogP contribution in [0, 0.1) is 11.7 Å². The van der Waals surface area contributed by atoms with E-state index in [0.717, 1.165) is 11.8 Å². The van der Waals surface area contributed by atoms with Crippen LogP contribution in [-0.4, -0.2) is 28.7 Å². The van der Waals surface area contributed by atoms with E-state index in [-0.39, 0.29) is 36.4 Å². The van der Waals surface area contributed by atoms with Crippen LogP contribution in [0.15, 0.2) is 30.5 Å². The van der Waals surface area contributed by atoms with E-state index in [1.807, 2.05) is 32.9 Å². The average Bonchev–Trinajstić information content (AvgIpc) is 2.99. The minimum Gasteiger partial charge on any atom is -0.447 e. The first-order chi connectivity index (χ1) is 12.4. The van der Waals surface area contributed by atoms with Crippen LogP contribution < -0.4 is 10.2 Å². The maximum absolute atomic E-state index is 14.3. The molecule has 0 aliphatic carbocycles. The van der Waals surface area contributed by atoms with Gasteiger partial charge in [-0.05, 0) is 30.5 Å². The Morgan fingerprint density at radius 3 is 2.65 bits per heavy atom. The normalized spacial score (nSPS) is 18.2. The van der Waals surface area contributed by atoms with Gasteiger partial charge in [-0.3, -0.25) is 4.90 Å². The maximum Gasteiger partial charge on any atom is 0.416 e. The third-order valence-corrected chi connectivity index (χ3v) is 4.60. The fourth-order valence-corrected chi connectivity index (χ4v) is 2.92. The van der Waals surface area contributed by atoms with Gasteiger partial charge in [-0.2, -0.15) is 4.98 Å². The molecule has 2 atom stereocenters. The van der Waals surface area contributed by atoms with Crippen LogP contribution >= 0.6 is 11.6 Å². The van der Waals surface area contributed by atoms with Crippen LogP contribution in [0.1, 0.15) is 32.4 Å². The van der Waals surface area contributed by atoms with Crippen molar-refractivity contribution < 1.29 is 13.9 Å². The van der Waals surface area contributed by atoms with Crippen molar-refractivity contribution in [1.29, 1.82) is 0 Å². The highest BCUT2D eigenvalue weighted by Crippen LogP contribution is 2.29. The van der Waals surface area contributed by atoms with Gasteiger partial charge in [0.05, 0.1) is 18.3 Å². The number of benzene rings is 1. The van der Waals surface area contributed by atoms with E-state index in [1.54, 1.807) is 12.1 Å². The summed E-state index contributed by atoms with van der Waals surface area (Å²) in [7, 11) is 0. The third kappa shape index (κ3) is 3.72. The molecule has 6 nitrogen and oxygen atoms in total. The Hall–Kier alpha value is -2.41. The molecule has 1 N–H and O–H groups in total. The second-order valence-corrected chi connectivity index (χ2v) is 6.98. The zero-order chi connectivity index (χ0) is 18.8. The Balaban J connectivity index is 1.85. The number of anilines is 2. The molecule has 138 valence electrons. The molecule has 1 aromatic carbocycles. The van der Waals surface area contributed by atoms with Crippen LogP contribution in [0.25, 0.3) is 0 Å². The first-order valence-corrected chi connectivity index (χ1v) is 8.75. The molecule has 1 unspecified atom stereocenters. The lowest BCUT2D eigenvalue weighted by molar-refractivity contribution is 0.177. The number of hydrogen-bond acceptors (Lipinski definition) is 5. The molecule has 1 saturated heterocycles. The Morgan fingerprint density at radius 2 is 2.00 bits per heavy atom. The summed E-state index contributed by atoms with van der Waals surface area (Å²) in [6, 6.07) is 6.96. The number of nitrogens with zero attached hydrogens (tertiary/aromatic N) is 3. The lowest BCUT2D eigenvalue weighted by Crippen LogP contribution is -2.38. The number of cyclic esters (lactones) is 1. The number of carbonyl (C=O) groups is 1. The van der Waals surface area contributed by atoms with Gasteiger partial charge in [0.25, 0.3) is 0 Å². The lowest BCUT2D eigenvalue weighted by atomic mass is 10.0. The van der Waals surface area contributed by atoms with E-state index in [9.17, 15) is 9.18 Å². The minimum atomic E-state index is -0.667. The zero-order valence-electron chi connectivity index (χ0n) is 14.7. The standard InChI is InChI=1S/C18H20ClFN4O2/c1-10(2)15-9-26-18(25)24(15)16-14(20)8-21-17(23-16)22-11(3)12-4-6-13(19)7-5-12/h4-8,10-11,15H,9H2,1-3H3,(H,21,22,23)/t11-,15?/m0/s1. The van der Waals surface area contributed by atoms with Gasteiger partial charge < -0.3 is 10.1 Å². The van der Waals surface area contributed by atoms with Crippen molar-refractivity contribution in [1.82, 2.24) is 9.97 Å². The summed E-state index contributed by atoms with van der Waals surface area (Å²) in [6.07, 6.45) is 0.459. The van der Waals surface area contributed by atoms with Gasteiger partial charge in [0.15, 0.2) is 11.6 Å². The van der Waals surface area contributed by atoms with E-state index in [4.69, 9.17) is 16.3 Å². The summed E-state index contributed by atoms with van der Waals surface area (Å²) in [6.45, 7) is 6.03. The van der Waals surface area contributed by atoms with Crippen molar-refractivity contribution in [2.45, 2.75) is 32.9 Å². The van der Waals surface area contributed by atoms with E-state index in [0.29, 0.717) is 5.02 Å². The number of nitrogens with one attached hydrogen (secondary N) is 1. The van der Waals surface area contributed by atoms with Crippen molar-refractivity contribution in [2.75, 3.05) is 16.8 Å². The molecule has 1 aliphatic rings. The summed E-state index contributed by atoms with van der Waals surface area (Å²) >= 11 is 5.90. The van der Waals surface area contributed by atoms with Gasteiger partial charge in [0, 0.05) is 5.02 Å². The Labute approximate surface area is 156 Å². The number of carbonyl (C=O) groups excluding carboxylic acids is 1. The van der Waals surface area contributed by atoms with Crippen LogP contribution in [0.5, 0.6) is 0 Å². The third-order valence-electron chi connectivity index (χ3n) is 4.34. The molecule has 8 heteroatoms. The number of amides is 1. The second kappa shape index (κ2) is 7.45. The molecule has 2 heterocycles. The molecule has 3 rings (SSSR count). The number of aromatic nitrogens is 2. The smallest absolute Gasteiger partial charge is 0.416 e. The van der Waals surface area contributed by atoms with Gasteiger partial charge in [-0.1, -0.05) is 37.6 Å². The summed E-state index contributed by atoms with van der Waals surface area (Å²) in [4.78, 5) is 21.5. The zero-order valence-corrected chi connectivity index (χ0v) is 15.5. The lowest BCUT2D eigenvalue weighted by Gasteiger charge is -2.24.